The highest BCUT2D eigenvalue weighted by atomic mass is 32.2. The smallest absolute Gasteiger partial charge is 0.181 e. The van der Waals surface area contributed by atoms with Gasteiger partial charge in [-0.05, 0) is 101 Å². The van der Waals surface area contributed by atoms with E-state index in [1.54, 1.807) is 13.1 Å². The first kappa shape index (κ1) is 31.9. The quantitative estimate of drug-likeness (QED) is 0.0740. The van der Waals surface area contributed by atoms with E-state index in [1.165, 1.54) is 11.1 Å². The first-order chi connectivity index (χ1) is 20.5. The maximum absolute atomic E-state index is 11.1. The average Bonchev–Trinajstić information content (AvgIpc) is 3.01. The molecular weight excluding hydrogens is 546 g/mol. The minimum absolute atomic E-state index is 0.151. The number of likely N-dealkylation sites (tertiary alicyclic amines) is 1. The van der Waals surface area contributed by atoms with Gasteiger partial charge in [-0.1, -0.05) is 60.3 Å². The predicted octanol–water partition coefficient (Wildman–Crippen LogP) is 5.61. The van der Waals surface area contributed by atoms with Crippen LogP contribution in [0, 0.1) is 0 Å². The van der Waals surface area contributed by atoms with Crippen LogP contribution in [0.3, 0.4) is 0 Å². The molecule has 7 nitrogen and oxygen atoms in total. The lowest BCUT2D eigenvalue weighted by atomic mass is 9.67. The standard InChI is InChI=1S/C34H45N3O4S/c1-35-32-31(40)13-11-27(33(32)42-25-38)14-19-36-18-6-7-22-41-23-15-26-10-12-30(39)29(24-26)34(16-20-37(2)21-17-34)28-8-4-3-5-9-28/h3-5,8-13,24-25,35-36,39-40H,6-7,14-23H2,1-2H3. The fraction of sp³-hybridized carbons (Fsp3) is 0.441. The second-order valence-corrected chi connectivity index (χ2v) is 11.9. The molecule has 1 aliphatic rings. The second kappa shape index (κ2) is 16.0. The van der Waals surface area contributed by atoms with Gasteiger partial charge < -0.3 is 30.5 Å². The number of phenols is 2. The number of ether oxygens (including phenoxy) is 1. The summed E-state index contributed by atoms with van der Waals surface area (Å²) in [7, 11) is 3.91. The van der Waals surface area contributed by atoms with Crippen molar-refractivity contribution in [1.29, 1.82) is 0 Å². The Balaban J connectivity index is 1.20. The molecule has 3 aromatic carbocycles. The van der Waals surface area contributed by atoms with Crippen LogP contribution in [0.25, 0.3) is 0 Å². The Kier molecular flexibility index (Phi) is 12.1. The highest BCUT2D eigenvalue weighted by Crippen LogP contribution is 2.45. The molecule has 0 aromatic heterocycles. The molecule has 0 spiro atoms. The summed E-state index contributed by atoms with van der Waals surface area (Å²) in [5.74, 6) is 0.532. The molecule has 0 atom stereocenters. The largest absolute Gasteiger partial charge is 0.508 e. The monoisotopic (exact) mass is 591 g/mol. The number of phenolic OH excluding ortho intramolecular Hbond substituents is 2. The van der Waals surface area contributed by atoms with E-state index in [9.17, 15) is 15.0 Å². The van der Waals surface area contributed by atoms with Crippen molar-refractivity contribution < 1.29 is 19.7 Å². The number of anilines is 1. The number of carbonyl (C=O) groups excluding carboxylic acids is 1. The zero-order chi connectivity index (χ0) is 29.8. The Morgan fingerprint density at radius 3 is 2.45 bits per heavy atom. The maximum Gasteiger partial charge on any atom is 0.181 e. The van der Waals surface area contributed by atoms with Crippen molar-refractivity contribution in [3.8, 4) is 11.5 Å². The summed E-state index contributed by atoms with van der Waals surface area (Å²) >= 11 is 1.09. The molecule has 0 radical (unpaired) electrons. The number of benzene rings is 3. The Morgan fingerprint density at radius 1 is 0.952 bits per heavy atom. The van der Waals surface area contributed by atoms with E-state index in [2.05, 4.69) is 59.0 Å². The zero-order valence-corrected chi connectivity index (χ0v) is 25.7. The van der Waals surface area contributed by atoms with Crippen LogP contribution in [-0.2, 0) is 27.8 Å². The van der Waals surface area contributed by atoms with E-state index in [1.807, 2.05) is 18.2 Å². The van der Waals surface area contributed by atoms with Gasteiger partial charge in [0, 0.05) is 29.5 Å². The molecule has 1 aliphatic heterocycles. The van der Waals surface area contributed by atoms with Gasteiger partial charge in [-0.3, -0.25) is 4.79 Å². The van der Waals surface area contributed by atoms with Crippen molar-refractivity contribution in [2.75, 3.05) is 58.8 Å². The van der Waals surface area contributed by atoms with Crippen LogP contribution >= 0.6 is 11.8 Å². The van der Waals surface area contributed by atoms with E-state index in [0.29, 0.717) is 18.0 Å². The van der Waals surface area contributed by atoms with Crippen molar-refractivity contribution in [2.24, 2.45) is 0 Å². The lowest BCUT2D eigenvalue weighted by Gasteiger charge is -2.42. The number of thioether (sulfide) groups is 1. The van der Waals surface area contributed by atoms with Crippen LogP contribution < -0.4 is 10.6 Å². The molecule has 42 heavy (non-hydrogen) atoms. The van der Waals surface area contributed by atoms with E-state index in [0.717, 1.165) is 105 Å². The molecule has 4 N–H and O–H groups in total. The maximum atomic E-state index is 11.1. The zero-order valence-electron chi connectivity index (χ0n) is 24.9. The minimum Gasteiger partial charge on any atom is -0.508 e. The topological polar surface area (TPSA) is 94.1 Å². The van der Waals surface area contributed by atoms with Gasteiger partial charge in [-0.2, -0.15) is 0 Å². The molecule has 0 bridgehead atoms. The molecule has 8 heteroatoms. The Morgan fingerprint density at radius 2 is 1.71 bits per heavy atom. The average molecular weight is 592 g/mol. The third-order valence-electron chi connectivity index (χ3n) is 8.38. The predicted molar refractivity (Wildman–Crippen MR) is 173 cm³/mol. The number of nitrogens with one attached hydrogen (secondary N) is 2. The number of rotatable bonds is 16. The SMILES string of the molecule is CNc1c(O)ccc(CCNCCCCOCCc2ccc(O)c(C3(c4ccccc4)CCN(C)CC3)c2)c1SC=O. The van der Waals surface area contributed by atoms with Crippen molar-refractivity contribution in [3.63, 3.8) is 0 Å². The lowest BCUT2D eigenvalue weighted by Crippen LogP contribution is -2.41. The van der Waals surface area contributed by atoms with Gasteiger partial charge in [0.2, 0.25) is 0 Å². The second-order valence-electron chi connectivity index (χ2n) is 11.1. The molecule has 1 heterocycles. The molecule has 0 saturated carbocycles. The molecule has 0 aliphatic carbocycles. The van der Waals surface area contributed by atoms with Gasteiger partial charge in [-0.25, -0.2) is 0 Å². The van der Waals surface area contributed by atoms with Crippen LogP contribution in [-0.4, -0.2) is 74.2 Å². The molecule has 226 valence electrons. The number of piperidine rings is 1. The third-order valence-corrected chi connectivity index (χ3v) is 9.17. The first-order valence-electron chi connectivity index (χ1n) is 15.0. The fourth-order valence-corrected chi connectivity index (χ4v) is 6.67. The summed E-state index contributed by atoms with van der Waals surface area (Å²) < 4.78 is 5.97. The molecule has 1 saturated heterocycles. The van der Waals surface area contributed by atoms with Crippen molar-refractivity contribution in [2.45, 2.75) is 48.8 Å². The minimum atomic E-state index is -0.173. The summed E-state index contributed by atoms with van der Waals surface area (Å²) in [5.41, 5.74) is 5.77. The fourth-order valence-electron chi connectivity index (χ4n) is 5.92. The summed E-state index contributed by atoms with van der Waals surface area (Å²) in [6.45, 7) is 5.08. The Hall–Kier alpha value is -3.04. The van der Waals surface area contributed by atoms with Crippen molar-refractivity contribution in [3.05, 3.63) is 82.9 Å². The first-order valence-corrected chi connectivity index (χ1v) is 15.8. The van der Waals surface area contributed by atoms with Gasteiger partial charge in [0.25, 0.3) is 0 Å². The normalized spacial score (nSPS) is 15.0. The summed E-state index contributed by atoms with van der Waals surface area (Å²) in [5, 5.41) is 27.5. The van der Waals surface area contributed by atoms with Gasteiger partial charge in [0.15, 0.2) is 5.62 Å². The molecule has 4 rings (SSSR count). The summed E-state index contributed by atoms with van der Waals surface area (Å²) in [4.78, 5) is 14.2. The van der Waals surface area contributed by atoms with Crippen LogP contribution in [0.15, 0.2) is 65.6 Å². The van der Waals surface area contributed by atoms with Gasteiger partial charge in [0.1, 0.15) is 11.5 Å². The van der Waals surface area contributed by atoms with Crippen LogP contribution in [0.2, 0.25) is 0 Å². The van der Waals surface area contributed by atoms with Crippen LogP contribution in [0.5, 0.6) is 11.5 Å². The van der Waals surface area contributed by atoms with Gasteiger partial charge in [-0.15, -0.1) is 0 Å². The molecular formula is C34H45N3O4S. The molecule has 0 unspecified atom stereocenters. The van der Waals surface area contributed by atoms with Crippen LogP contribution in [0.1, 0.15) is 47.9 Å². The highest BCUT2D eigenvalue weighted by Gasteiger charge is 2.39. The molecule has 1 fully saturated rings. The van der Waals surface area contributed by atoms with E-state index < -0.39 is 0 Å². The Labute approximate surface area is 254 Å². The number of nitrogens with zero attached hydrogens (tertiary/aromatic N) is 1. The van der Waals surface area contributed by atoms with E-state index in [-0.39, 0.29) is 11.2 Å². The van der Waals surface area contributed by atoms with Gasteiger partial charge in [0.05, 0.1) is 12.3 Å². The summed E-state index contributed by atoms with van der Waals surface area (Å²) in [6, 6.07) is 20.3. The van der Waals surface area contributed by atoms with E-state index >= 15 is 0 Å². The number of unbranched alkanes of at least 4 members (excludes halogenated alkanes) is 1. The third kappa shape index (κ3) is 8.07. The number of carbonyl (C=O) groups is 1. The van der Waals surface area contributed by atoms with Crippen molar-refractivity contribution in [1.82, 2.24) is 10.2 Å². The van der Waals surface area contributed by atoms with Gasteiger partial charge >= 0.3 is 0 Å². The van der Waals surface area contributed by atoms with Crippen molar-refractivity contribution >= 4 is 23.1 Å². The Bertz CT molecular complexity index is 1280. The highest BCUT2D eigenvalue weighted by molar-refractivity contribution is 8.12. The van der Waals surface area contributed by atoms with Crippen LogP contribution in [0.4, 0.5) is 5.69 Å². The molecule has 0 amide bonds. The number of hydrogen-bond donors (Lipinski definition) is 4. The number of hydrogen-bond acceptors (Lipinski definition) is 8. The number of aromatic hydroxyl groups is 2. The molecule has 3 aromatic rings. The summed E-state index contributed by atoms with van der Waals surface area (Å²) in [6.07, 6.45) is 5.56. The van der Waals surface area contributed by atoms with E-state index in [4.69, 9.17) is 4.74 Å². The lowest BCUT2D eigenvalue weighted by molar-refractivity contribution is 0.133.